The van der Waals surface area contributed by atoms with Gasteiger partial charge in [-0.15, -0.1) is 0 Å². The van der Waals surface area contributed by atoms with E-state index in [1.165, 1.54) is 10.8 Å². The smallest absolute Gasteiger partial charge is 0.343 e. The van der Waals surface area contributed by atoms with Gasteiger partial charge in [-0.3, -0.25) is 0 Å². The molecule has 0 bridgehead atoms. The van der Waals surface area contributed by atoms with Crippen LogP contribution in [-0.2, 0) is 26.4 Å². The fourth-order valence-corrected chi connectivity index (χ4v) is 3.03. The van der Waals surface area contributed by atoms with Crippen LogP contribution in [0.15, 0.2) is 0 Å². The Morgan fingerprint density at radius 3 is 1.05 bits per heavy atom. The normalized spacial score (nSPS) is 30.1. The Morgan fingerprint density at radius 2 is 1.00 bits per heavy atom. The average molecular weight is 435 g/mol. The van der Waals surface area contributed by atoms with Crippen LogP contribution in [0.2, 0.25) is 0 Å². The zero-order valence-electron chi connectivity index (χ0n) is 13.3. The molecule has 0 N–H and O–H groups in total. The first-order valence-electron chi connectivity index (χ1n) is 6.73. The molecule has 1 aliphatic rings. The first kappa shape index (κ1) is 28.8. The van der Waals surface area contributed by atoms with Gasteiger partial charge in [0.1, 0.15) is 0 Å². The molecule has 0 spiro atoms. The van der Waals surface area contributed by atoms with Gasteiger partial charge in [0.2, 0.25) is 0 Å². The van der Waals surface area contributed by atoms with Gasteiger partial charge in [0, 0.05) is 0 Å². The van der Waals surface area contributed by atoms with Crippen molar-refractivity contribution in [3.05, 3.63) is 20.2 Å². The molecule has 1 rings (SSSR count). The van der Waals surface area contributed by atoms with Crippen LogP contribution in [0.5, 0.6) is 0 Å². The summed E-state index contributed by atoms with van der Waals surface area (Å²) in [7, 11) is 0. The molecular weight excluding hydrogens is 407 g/mol. The maximum atomic E-state index is 7.50. The van der Waals surface area contributed by atoms with Gasteiger partial charge in [-0.1, -0.05) is 63.6 Å². The van der Waals surface area contributed by atoms with Gasteiger partial charge in [0.05, 0.1) is 0 Å². The Kier molecular flexibility index (Phi) is 28.4. The molecule has 0 radical (unpaired) electrons. The first-order chi connectivity index (χ1) is 8.97. The Balaban J connectivity index is -0.000000110. The van der Waals surface area contributed by atoms with E-state index in [2.05, 4.69) is 77.4 Å². The molecule has 20 heavy (non-hydrogen) atoms. The molecule has 0 amide bonds. The number of hydrogen-bond donors (Lipinski definition) is 0. The minimum Gasteiger partial charge on any atom is -0.343 e. The van der Waals surface area contributed by atoms with Crippen LogP contribution in [-0.4, -0.2) is 4.43 Å². The van der Waals surface area contributed by atoms with E-state index in [-0.39, 0.29) is 17.1 Å². The van der Waals surface area contributed by atoms with Crippen molar-refractivity contribution in [2.75, 3.05) is 4.43 Å². The third kappa shape index (κ3) is 11.4. The van der Waals surface area contributed by atoms with Gasteiger partial charge in [-0.05, 0) is 34.0 Å². The second-order valence-electron chi connectivity index (χ2n) is 5.19. The average Bonchev–Trinajstić information content (AvgIpc) is 2.63. The van der Waals surface area contributed by atoms with E-state index in [1.807, 2.05) is 0 Å². The van der Waals surface area contributed by atoms with Crippen molar-refractivity contribution < 1.29 is 26.4 Å². The summed E-state index contributed by atoms with van der Waals surface area (Å²) >= 11 is 2.35. The Bertz CT molecular complexity index is 178. The summed E-state index contributed by atoms with van der Waals surface area (Å²) in [5.74, 6) is 4.68. The summed E-state index contributed by atoms with van der Waals surface area (Å²) in [6, 6.07) is 0. The van der Waals surface area contributed by atoms with Gasteiger partial charge >= 0.3 is 39.7 Å². The second-order valence-corrected chi connectivity index (χ2v) is 6.27. The molecule has 4 heteroatoms. The summed E-state index contributed by atoms with van der Waals surface area (Å²) in [4.78, 5) is 0. The van der Waals surface area contributed by atoms with Crippen LogP contribution in [0.3, 0.4) is 0 Å². The SMILES string of the molecule is CC1C(C)C(C)C(C)C1C.[C-]#[O+].[C-]#[O+].[CH2-]CCCI.[Fe+2]. The van der Waals surface area contributed by atoms with E-state index in [9.17, 15) is 0 Å². The van der Waals surface area contributed by atoms with Crippen LogP contribution >= 0.6 is 22.6 Å². The van der Waals surface area contributed by atoms with Crippen LogP contribution < -0.4 is 0 Å². The zero-order chi connectivity index (χ0) is 16.0. The number of unbranched alkanes of at least 4 members (excludes halogenated alkanes) is 1. The summed E-state index contributed by atoms with van der Waals surface area (Å²) in [5.41, 5.74) is 0. The largest absolute Gasteiger partial charge is 2.00 e. The third-order valence-electron chi connectivity index (χ3n) is 4.53. The van der Waals surface area contributed by atoms with Crippen LogP contribution in [0.1, 0.15) is 47.5 Å². The molecule has 1 fully saturated rings. The maximum Gasteiger partial charge on any atom is 2.00 e. The molecule has 0 aliphatic heterocycles. The number of hydrogen-bond acceptors (Lipinski definition) is 0. The van der Waals surface area contributed by atoms with E-state index < -0.39 is 0 Å². The van der Waals surface area contributed by atoms with Crippen molar-refractivity contribution in [2.24, 2.45) is 29.6 Å². The number of alkyl halides is 1. The van der Waals surface area contributed by atoms with Crippen molar-refractivity contribution in [3.8, 4) is 0 Å². The fourth-order valence-electron chi connectivity index (χ4n) is 2.49. The predicted molar refractivity (Wildman–Crippen MR) is 87.2 cm³/mol. The summed E-state index contributed by atoms with van der Waals surface area (Å²) in [6.07, 6.45) is 2.35. The standard InChI is InChI=1S/C10H20.C4H8I.2CO.Fe/c1-6-7(2)9(4)10(5)8(6)3;1-2-3-4-5;2*1-2;/h6-10H,1-5H3;1-4H2;;;/q;-1;;;+2. The molecule has 0 atom stereocenters. The van der Waals surface area contributed by atoms with Crippen LogP contribution in [0.4, 0.5) is 0 Å². The van der Waals surface area contributed by atoms with E-state index in [4.69, 9.17) is 9.30 Å². The molecule has 118 valence electrons. The molecule has 1 saturated carbocycles. The molecule has 0 aromatic rings. The summed E-state index contributed by atoms with van der Waals surface area (Å²) < 4.78 is 16.3. The molecule has 0 unspecified atom stereocenters. The number of halogens is 1. The van der Waals surface area contributed by atoms with E-state index >= 15 is 0 Å². The second kappa shape index (κ2) is 19.7. The zero-order valence-corrected chi connectivity index (χ0v) is 16.5. The van der Waals surface area contributed by atoms with Crippen molar-refractivity contribution in [1.82, 2.24) is 0 Å². The minimum atomic E-state index is 0. The quantitative estimate of drug-likeness (QED) is 0.190. The van der Waals surface area contributed by atoms with E-state index in [0.717, 1.165) is 36.0 Å². The van der Waals surface area contributed by atoms with Gasteiger partial charge in [-0.25, -0.2) is 0 Å². The topological polar surface area (TPSA) is 39.8 Å². The Morgan fingerprint density at radius 1 is 0.800 bits per heavy atom. The molecule has 0 heterocycles. The summed E-state index contributed by atoms with van der Waals surface area (Å²) in [6.45, 7) is 24.7. The molecule has 2 nitrogen and oxygen atoms in total. The van der Waals surface area contributed by atoms with Gasteiger partial charge in [0.15, 0.2) is 0 Å². The first-order valence-corrected chi connectivity index (χ1v) is 8.25. The molecule has 1 aliphatic carbocycles. The molecule has 0 aromatic heterocycles. The van der Waals surface area contributed by atoms with Crippen molar-refractivity contribution in [2.45, 2.75) is 47.5 Å². The fraction of sp³-hybridized carbons (Fsp3) is 0.812. The third-order valence-corrected chi connectivity index (χ3v) is 5.29. The number of rotatable bonds is 2. The molecular formula is C16H28FeIO2+. The van der Waals surface area contributed by atoms with Gasteiger partial charge < -0.3 is 6.92 Å². The Labute approximate surface area is 150 Å². The van der Waals surface area contributed by atoms with E-state index in [1.54, 1.807) is 0 Å². The predicted octanol–water partition coefficient (Wildman–Crippen LogP) is 5.14. The monoisotopic (exact) mass is 435 g/mol. The molecule has 0 aromatic carbocycles. The maximum absolute atomic E-state index is 7.50. The van der Waals surface area contributed by atoms with Crippen molar-refractivity contribution in [1.29, 1.82) is 0 Å². The van der Waals surface area contributed by atoms with Crippen molar-refractivity contribution in [3.63, 3.8) is 0 Å². The van der Waals surface area contributed by atoms with Crippen LogP contribution in [0.25, 0.3) is 0 Å². The van der Waals surface area contributed by atoms with Crippen LogP contribution in [0, 0.1) is 49.8 Å². The van der Waals surface area contributed by atoms with Crippen molar-refractivity contribution >= 4 is 22.6 Å². The minimum absolute atomic E-state index is 0. The van der Waals surface area contributed by atoms with E-state index in [0.29, 0.717) is 0 Å². The molecule has 0 saturated heterocycles. The van der Waals surface area contributed by atoms with Gasteiger partial charge in [-0.2, -0.15) is 6.42 Å². The Hall–Kier alpha value is 0.729. The summed E-state index contributed by atoms with van der Waals surface area (Å²) in [5, 5.41) is 0. The van der Waals surface area contributed by atoms with Gasteiger partial charge in [0.25, 0.3) is 0 Å².